The smallest absolute Gasteiger partial charge is 0.410 e. The van der Waals surface area contributed by atoms with Crippen LogP contribution in [0.25, 0.3) is 0 Å². The molecule has 3 unspecified atom stereocenters. The van der Waals surface area contributed by atoms with Gasteiger partial charge in [-0.2, -0.15) is 18.3 Å². The highest BCUT2D eigenvalue weighted by molar-refractivity contribution is 5.99. The van der Waals surface area contributed by atoms with Crippen molar-refractivity contribution in [1.82, 2.24) is 15.1 Å². The van der Waals surface area contributed by atoms with Crippen LogP contribution in [-0.4, -0.2) is 35.5 Å². The molecule has 4 aromatic rings. The van der Waals surface area contributed by atoms with E-state index in [1.165, 1.54) is 6.20 Å². The molecule has 1 aliphatic rings. The molecule has 0 bridgehead atoms. The van der Waals surface area contributed by atoms with Gasteiger partial charge in [-0.05, 0) is 28.8 Å². The molecule has 0 radical (unpaired) electrons. The molecule has 2 N–H and O–H groups in total. The highest BCUT2D eigenvalue weighted by Gasteiger charge is 2.47. The quantitative estimate of drug-likeness (QED) is 0.308. The predicted octanol–water partition coefficient (Wildman–Crippen LogP) is 6.11. The van der Waals surface area contributed by atoms with Crippen molar-refractivity contribution in [1.29, 1.82) is 0 Å². The van der Waals surface area contributed by atoms with E-state index in [1.807, 2.05) is 60.7 Å². The molecular formula is C29H27F3N4O2. The molecule has 9 heteroatoms. The highest BCUT2D eigenvalue weighted by Crippen LogP contribution is 2.44. The molecule has 38 heavy (non-hydrogen) atoms. The number of anilines is 1. The molecule has 0 saturated carbocycles. The van der Waals surface area contributed by atoms with Gasteiger partial charge in [-0.15, -0.1) is 0 Å². The maximum Gasteiger partial charge on any atom is 0.410 e. The van der Waals surface area contributed by atoms with Crippen LogP contribution in [0.15, 0.2) is 91.1 Å². The van der Waals surface area contributed by atoms with E-state index in [1.54, 1.807) is 31.4 Å². The Morgan fingerprint density at radius 1 is 1.03 bits per heavy atom. The summed E-state index contributed by atoms with van der Waals surface area (Å²) in [5.41, 5.74) is 2.74. The van der Waals surface area contributed by atoms with Gasteiger partial charge in [-0.25, -0.2) is 4.68 Å². The van der Waals surface area contributed by atoms with Crippen LogP contribution in [0.3, 0.4) is 0 Å². The van der Waals surface area contributed by atoms with Gasteiger partial charge in [-0.3, -0.25) is 4.79 Å². The maximum absolute atomic E-state index is 14.0. The number of halogens is 3. The Kier molecular flexibility index (Phi) is 7.09. The molecule has 0 fully saturated rings. The van der Waals surface area contributed by atoms with E-state index >= 15 is 0 Å². The number of benzene rings is 3. The largest absolute Gasteiger partial charge is 0.497 e. The molecular weight excluding hydrogens is 493 g/mol. The third-order valence-corrected chi connectivity index (χ3v) is 6.87. The lowest BCUT2D eigenvalue weighted by Gasteiger charge is -2.34. The van der Waals surface area contributed by atoms with Crippen molar-refractivity contribution in [2.24, 2.45) is 0 Å². The zero-order valence-corrected chi connectivity index (χ0v) is 20.7. The summed E-state index contributed by atoms with van der Waals surface area (Å²) in [4.78, 5) is 13.3. The summed E-state index contributed by atoms with van der Waals surface area (Å²) in [5, 5.41) is 10.0. The molecule has 1 aromatic heterocycles. The molecule has 0 spiro atoms. The van der Waals surface area contributed by atoms with Gasteiger partial charge in [0.25, 0.3) is 5.91 Å². The van der Waals surface area contributed by atoms with Crippen LogP contribution in [0.2, 0.25) is 0 Å². The number of rotatable bonds is 7. The summed E-state index contributed by atoms with van der Waals surface area (Å²) in [5.74, 6) is 0.105. The minimum atomic E-state index is -4.52. The second-order valence-electron chi connectivity index (χ2n) is 9.20. The Hall–Kier alpha value is -4.27. The Labute approximate surface area is 218 Å². The van der Waals surface area contributed by atoms with Gasteiger partial charge in [0.2, 0.25) is 0 Å². The monoisotopic (exact) mass is 520 g/mol. The maximum atomic E-state index is 14.0. The van der Waals surface area contributed by atoms with Crippen LogP contribution >= 0.6 is 0 Å². The summed E-state index contributed by atoms with van der Waals surface area (Å²) in [6, 6.07) is 23.7. The first-order valence-corrected chi connectivity index (χ1v) is 12.3. The van der Waals surface area contributed by atoms with Gasteiger partial charge < -0.3 is 15.4 Å². The number of nitrogens with zero attached hydrogens (tertiary/aromatic N) is 2. The van der Waals surface area contributed by atoms with E-state index in [2.05, 4.69) is 15.7 Å². The molecule has 1 amide bonds. The normalized spacial score (nSPS) is 17.7. The van der Waals surface area contributed by atoms with E-state index < -0.39 is 24.2 Å². The number of fused-ring (bicyclic) bond motifs is 1. The van der Waals surface area contributed by atoms with Crippen LogP contribution in [0.5, 0.6) is 5.75 Å². The zero-order valence-electron chi connectivity index (χ0n) is 20.7. The van der Waals surface area contributed by atoms with Crippen molar-refractivity contribution in [3.05, 3.63) is 113 Å². The van der Waals surface area contributed by atoms with Crippen LogP contribution < -0.4 is 15.4 Å². The lowest BCUT2D eigenvalue weighted by atomic mass is 9.91. The Morgan fingerprint density at radius 2 is 1.66 bits per heavy atom. The second-order valence-corrected chi connectivity index (χ2v) is 9.20. The van der Waals surface area contributed by atoms with Crippen LogP contribution in [0.1, 0.15) is 51.5 Å². The molecule has 3 aromatic carbocycles. The molecule has 2 heterocycles. The van der Waals surface area contributed by atoms with Gasteiger partial charge in [0.1, 0.15) is 17.1 Å². The lowest BCUT2D eigenvalue weighted by Crippen LogP contribution is -2.36. The topological polar surface area (TPSA) is 68.2 Å². The van der Waals surface area contributed by atoms with Crippen molar-refractivity contribution in [3.63, 3.8) is 0 Å². The number of aromatic nitrogens is 2. The first-order valence-electron chi connectivity index (χ1n) is 12.3. The van der Waals surface area contributed by atoms with Crippen LogP contribution in [0.4, 0.5) is 19.0 Å². The van der Waals surface area contributed by atoms with E-state index in [0.717, 1.165) is 21.6 Å². The van der Waals surface area contributed by atoms with Crippen molar-refractivity contribution in [2.75, 3.05) is 19.0 Å². The van der Waals surface area contributed by atoms with Crippen molar-refractivity contribution in [3.8, 4) is 5.75 Å². The molecule has 6 nitrogen and oxygen atoms in total. The van der Waals surface area contributed by atoms with Crippen LogP contribution in [0, 0.1) is 0 Å². The number of alkyl halides is 3. The van der Waals surface area contributed by atoms with Gasteiger partial charge in [0.05, 0.1) is 19.3 Å². The fourth-order valence-corrected chi connectivity index (χ4v) is 4.87. The minimum Gasteiger partial charge on any atom is -0.497 e. The number of nitrogens with one attached hydrogen (secondary N) is 2. The Bertz CT molecular complexity index is 1370. The summed E-state index contributed by atoms with van der Waals surface area (Å²) in [6.45, 7) is 0.241. The number of ether oxygens (including phenoxy) is 1. The number of hydrogen-bond acceptors (Lipinski definition) is 4. The van der Waals surface area contributed by atoms with Gasteiger partial charge in [0, 0.05) is 18.9 Å². The Morgan fingerprint density at radius 3 is 2.29 bits per heavy atom. The van der Waals surface area contributed by atoms with E-state index in [4.69, 9.17) is 4.74 Å². The average molecular weight is 521 g/mol. The average Bonchev–Trinajstić information content (AvgIpc) is 3.37. The van der Waals surface area contributed by atoms with Crippen molar-refractivity contribution in [2.45, 2.75) is 30.6 Å². The number of hydrogen-bond donors (Lipinski definition) is 2. The first kappa shape index (κ1) is 25.4. The Balaban J connectivity index is 1.41. The summed E-state index contributed by atoms with van der Waals surface area (Å²) in [6.07, 6.45) is -3.54. The third kappa shape index (κ3) is 5.22. The summed E-state index contributed by atoms with van der Waals surface area (Å²) < 4.78 is 48.2. The minimum absolute atomic E-state index is 0.0608. The number of carbonyl (C=O) groups is 1. The van der Waals surface area contributed by atoms with E-state index in [-0.39, 0.29) is 30.3 Å². The standard InChI is InChI=1S/C29H27F3N4O2/c1-38-22-14-12-20(13-15-22)23(19-8-4-2-5-9-19)17-33-28(37)24-18-34-36-26(29(30,31)32)16-25(35-27(24)36)21-10-6-3-7-11-21/h2-15,18,23,25-26,35H,16-17H2,1H3,(H,33,37). The highest BCUT2D eigenvalue weighted by atomic mass is 19.4. The summed E-state index contributed by atoms with van der Waals surface area (Å²) in [7, 11) is 1.59. The van der Waals surface area contributed by atoms with Gasteiger partial charge in [-0.1, -0.05) is 72.8 Å². The van der Waals surface area contributed by atoms with Gasteiger partial charge in [0.15, 0.2) is 6.04 Å². The first-order chi connectivity index (χ1) is 18.3. The number of amides is 1. The van der Waals surface area contributed by atoms with Crippen LogP contribution in [-0.2, 0) is 0 Å². The molecule has 0 aliphatic carbocycles. The van der Waals surface area contributed by atoms with Gasteiger partial charge >= 0.3 is 6.18 Å². The van der Waals surface area contributed by atoms with E-state index in [0.29, 0.717) is 5.56 Å². The van der Waals surface area contributed by atoms with Crippen molar-refractivity contribution >= 4 is 11.7 Å². The predicted molar refractivity (Wildman–Crippen MR) is 138 cm³/mol. The van der Waals surface area contributed by atoms with Crippen molar-refractivity contribution < 1.29 is 22.7 Å². The molecule has 1 aliphatic heterocycles. The number of methoxy groups -OCH3 is 1. The number of carbonyl (C=O) groups excluding carboxylic acids is 1. The zero-order chi connectivity index (χ0) is 26.7. The molecule has 0 saturated heterocycles. The fourth-order valence-electron chi connectivity index (χ4n) is 4.87. The fraction of sp³-hybridized carbons (Fsp3) is 0.241. The SMILES string of the molecule is COc1ccc(C(CNC(=O)c2cnn3c2NC(c2ccccc2)CC3C(F)(F)F)c2ccccc2)cc1. The molecule has 5 rings (SSSR count). The molecule has 196 valence electrons. The molecule has 3 atom stereocenters. The summed E-state index contributed by atoms with van der Waals surface area (Å²) >= 11 is 0. The second kappa shape index (κ2) is 10.6. The van der Waals surface area contributed by atoms with E-state index in [9.17, 15) is 18.0 Å². The lowest BCUT2D eigenvalue weighted by molar-refractivity contribution is -0.173. The third-order valence-electron chi connectivity index (χ3n) is 6.87.